The zero-order valence-electron chi connectivity index (χ0n) is 16.7. The molecule has 15 heteroatoms. The highest BCUT2D eigenvalue weighted by atomic mass is 32.2. The van der Waals surface area contributed by atoms with Crippen LogP contribution in [0.2, 0.25) is 0 Å². The minimum atomic E-state index is -5.48. The Morgan fingerprint density at radius 2 is 1.41 bits per heavy atom. The molecule has 1 aromatic heterocycles. The molecule has 182 valence electrons. The molecule has 0 aliphatic heterocycles. The van der Waals surface area contributed by atoms with Gasteiger partial charge in [-0.3, -0.25) is 0 Å². The number of carbonyl (C=O) groups excluding carboxylic acids is 1. The second-order valence-corrected chi connectivity index (χ2v) is 9.49. The lowest BCUT2D eigenvalue weighted by atomic mass is 10.2. The predicted molar refractivity (Wildman–Crippen MR) is 113 cm³/mol. The molecule has 34 heavy (non-hydrogen) atoms. The van der Waals surface area contributed by atoms with Crippen molar-refractivity contribution in [1.29, 1.82) is 0 Å². The summed E-state index contributed by atoms with van der Waals surface area (Å²) in [5.74, 6) is 0. The number of urea groups is 1. The first-order valence-electron chi connectivity index (χ1n) is 9.11. The number of alkyl halides is 6. The summed E-state index contributed by atoms with van der Waals surface area (Å²) in [6.45, 7) is -0.629. The van der Waals surface area contributed by atoms with E-state index in [2.05, 4.69) is 15.6 Å². The van der Waals surface area contributed by atoms with Crippen LogP contribution in [0.3, 0.4) is 0 Å². The summed E-state index contributed by atoms with van der Waals surface area (Å²) in [6.07, 6.45) is -3.12. The van der Waals surface area contributed by atoms with Gasteiger partial charge in [-0.1, -0.05) is 12.1 Å². The maximum Gasteiger partial charge on any atom is 0.511 e. The number of nitrogens with one attached hydrogen (secondary N) is 3. The van der Waals surface area contributed by atoms with E-state index in [-0.39, 0.29) is 10.7 Å². The van der Waals surface area contributed by atoms with Gasteiger partial charge in [-0.15, -0.1) is 11.3 Å². The van der Waals surface area contributed by atoms with Crippen LogP contribution < -0.4 is 15.4 Å². The maximum absolute atomic E-state index is 12.6. The highest BCUT2D eigenvalue weighted by molar-refractivity contribution is 7.90. The first-order chi connectivity index (χ1) is 15.7. The summed E-state index contributed by atoms with van der Waals surface area (Å²) in [6, 6.07) is 9.42. The SMILES string of the molecule is O=C(Nc1ccc(-c2cnc(CNS(=O)(=O)C(F)(F)F)s2)cc1)Nc1ccc(C(F)(F)F)cc1. The van der Waals surface area contributed by atoms with E-state index < -0.39 is 39.8 Å². The molecule has 3 rings (SSSR count). The van der Waals surface area contributed by atoms with Gasteiger partial charge in [-0.25, -0.2) is 22.9 Å². The van der Waals surface area contributed by atoms with Gasteiger partial charge < -0.3 is 10.6 Å². The van der Waals surface area contributed by atoms with Crippen LogP contribution in [0.25, 0.3) is 10.4 Å². The zero-order valence-corrected chi connectivity index (χ0v) is 18.3. The standard InChI is InChI=1S/C19H14F6N4O3S2/c20-18(21,22)12-3-7-14(8-4-12)29-17(30)28-13-5-1-11(2-6-13)15-9-26-16(33-15)10-27-34(31,32)19(23,24)25/h1-9,27H,10H2,(H2,28,29,30). The van der Waals surface area contributed by atoms with Crippen molar-refractivity contribution in [3.8, 4) is 10.4 Å². The molecule has 0 spiro atoms. The van der Waals surface area contributed by atoms with E-state index in [0.717, 1.165) is 35.6 Å². The van der Waals surface area contributed by atoms with Gasteiger partial charge in [-0.05, 0) is 42.0 Å². The van der Waals surface area contributed by atoms with Gasteiger partial charge in [0.1, 0.15) is 5.01 Å². The summed E-state index contributed by atoms with van der Waals surface area (Å²) in [5, 5.41) is 5.01. The minimum absolute atomic E-state index is 0.112. The lowest BCUT2D eigenvalue weighted by molar-refractivity contribution is -0.137. The monoisotopic (exact) mass is 524 g/mol. The Kier molecular flexibility index (Phi) is 7.18. The Hall–Kier alpha value is -3.17. The van der Waals surface area contributed by atoms with Crippen molar-refractivity contribution in [3.63, 3.8) is 0 Å². The number of sulfonamides is 1. The van der Waals surface area contributed by atoms with Crippen LogP contribution in [-0.4, -0.2) is 24.9 Å². The topological polar surface area (TPSA) is 100 Å². The van der Waals surface area contributed by atoms with Crippen LogP contribution in [0.15, 0.2) is 54.7 Å². The smallest absolute Gasteiger partial charge is 0.308 e. The molecular formula is C19H14F6N4O3S2. The van der Waals surface area contributed by atoms with Gasteiger partial charge in [0.15, 0.2) is 0 Å². The third-order valence-electron chi connectivity index (χ3n) is 4.17. The summed E-state index contributed by atoms with van der Waals surface area (Å²) in [4.78, 5) is 16.5. The second kappa shape index (κ2) is 9.60. The fourth-order valence-electron chi connectivity index (χ4n) is 2.52. The number of benzene rings is 2. The average Bonchev–Trinajstić information content (AvgIpc) is 3.21. The number of thiazole rings is 1. The molecule has 3 N–H and O–H groups in total. The van der Waals surface area contributed by atoms with E-state index in [0.29, 0.717) is 16.1 Å². The van der Waals surface area contributed by atoms with Crippen molar-refractivity contribution in [3.05, 3.63) is 65.3 Å². The van der Waals surface area contributed by atoms with Gasteiger partial charge in [-0.2, -0.15) is 26.3 Å². The number of carbonyl (C=O) groups is 1. The summed E-state index contributed by atoms with van der Waals surface area (Å²) in [7, 11) is -5.48. The van der Waals surface area contributed by atoms with Crippen molar-refractivity contribution < 1.29 is 39.6 Å². The van der Waals surface area contributed by atoms with Gasteiger partial charge in [0, 0.05) is 17.6 Å². The third-order valence-corrected chi connectivity index (χ3v) is 6.35. The van der Waals surface area contributed by atoms with Crippen LogP contribution in [0.4, 0.5) is 42.5 Å². The van der Waals surface area contributed by atoms with Crippen LogP contribution in [0.1, 0.15) is 10.6 Å². The molecular weight excluding hydrogens is 510 g/mol. The molecule has 1 heterocycles. The minimum Gasteiger partial charge on any atom is -0.308 e. The first kappa shape index (κ1) is 25.5. The maximum atomic E-state index is 12.6. The molecule has 0 aliphatic carbocycles. The molecule has 0 aliphatic rings. The Balaban J connectivity index is 1.57. The number of halogens is 6. The number of aromatic nitrogens is 1. The second-order valence-electron chi connectivity index (χ2n) is 6.62. The van der Waals surface area contributed by atoms with E-state index in [9.17, 15) is 39.6 Å². The largest absolute Gasteiger partial charge is 0.511 e. The van der Waals surface area contributed by atoms with Gasteiger partial charge in [0.25, 0.3) is 0 Å². The summed E-state index contributed by atoms with van der Waals surface area (Å²) in [5.41, 5.74) is -5.15. The van der Waals surface area contributed by atoms with Crippen molar-refractivity contribution in [2.45, 2.75) is 18.2 Å². The summed E-state index contributed by atoms with van der Waals surface area (Å²) >= 11 is 0.976. The van der Waals surface area contributed by atoms with Gasteiger partial charge >= 0.3 is 27.7 Å². The molecule has 2 amide bonds. The normalized spacial score (nSPS) is 12.4. The Labute approximate surface area is 192 Å². The van der Waals surface area contributed by atoms with E-state index in [4.69, 9.17) is 0 Å². The lowest BCUT2D eigenvalue weighted by Gasteiger charge is -2.10. The van der Waals surface area contributed by atoms with E-state index in [1.807, 2.05) is 0 Å². The molecule has 0 saturated heterocycles. The van der Waals surface area contributed by atoms with Crippen LogP contribution in [0, 0.1) is 0 Å². The van der Waals surface area contributed by atoms with Crippen LogP contribution >= 0.6 is 11.3 Å². The molecule has 3 aromatic rings. The fourth-order valence-corrected chi connectivity index (χ4v) is 3.96. The number of anilines is 2. The average molecular weight is 524 g/mol. The Bertz CT molecular complexity index is 1250. The highest BCUT2D eigenvalue weighted by Crippen LogP contribution is 2.30. The van der Waals surface area contributed by atoms with Gasteiger partial charge in [0.05, 0.1) is 17.0 Å². The zero-order chi connectivity index (χ0) is 25.1. The molecule has 0 bridgehead atoms. The van der Waals surface area contributed by atoms with Crippen molar-refractivity contribution in [1.82, 2.24) is 9.71 Å². The van der Waals surface area contributed by atoms with Crippen molar-refractivity contribution in [2.75, 3.05) is 10.6 Å². The van der Waals surface area contributed by atoms with E-state index >= 15 is 0 Å². The number of amides is 2. The van der Waals surface area contributed by atoms with E-state index in [1.165, 1.54) is 23.1 Å². The third kappa shape index (κ3) is 6.45. The number of hydrogen-bond donors (Lipinski definition) is 3. The van der Waals surface area contributed by atoms with Crippen LogP contribution in [0.5, 0.6) is 0 Å². The van der Waals surface area contributed by atoms with Crippen LogP contribution in [-0.2, 0) is 22.7 Å². The van der Waals surface area contributed by atoms with Gasteiger partial charge in [0.2, 0.25) is 0 Å². The van der Waals surface area contributed by atoms with Crippen molar-refractivity contribution >= 4 is 38.8 Å². The first-order valence-corrected chi connectivity index (χ1v) is 11.4. The number of nitrogens with zero attached hydrogens (tertiary/aromatic N) is 1. The molecule has 0 fully saturated rings. The van der Waals surface area contributed by atoms with Crippen molar-refractivity contribution in [2.24, 2.45) is 0 Å². The number of rotatable bonds is 6. The molecule has 0 radical (unpaired) electrons. The Morgan fingerprint density at radius 1 is 0.882 bits per heavy atom. The number of hydrogen-bond acceptors (Lipinski definition) is 5. The Morgan fingerprint density at radius 3 is 1.91 bits per heavy atom. The lowest BCUT2D eigenvalue weighted by Crippen LogP contribution is -2.35. The molecule has 0 atom stereocenters. The highest BCUT2D eigenvalue weighted by Gasteiger charge is 2.45. The molecule has 0 saturated carbocycles. The fraction of sp³-hybridized carbons (Fsp3) is 0.158. The molecule has 0 unspecified atom stereocenters. The molecule has 2 aromatic carbocycles. The van der Waals surface area contributed by atoms with E-state index in [1.54, 1.807) is 12.1 Å². The quantitative estimate of drug-likeness (QED) is 0.376. The molecule has 7 nitrogen and oxygen atoms in total. The predicted octanol–water partition coefficient (Wildman–Crippen LogP) is 5.41. The summed E-state index contributed by atoms with van der Waals surface area (Å²) < 4.78 is 98.4.